The van der Waals surface area contributed by atoms with Crippen LogP contribution < -0.4 is 19.7 Å². The Hall–Kier alpha value is -4.08. The maximum Gasteiger partial charge on any atom is 0.325 e. The highest BCUT2D eigenvalue weighted by molar-refractivity contribution is 6.18. The number of fused-ring (bicyclic) bond motifs is 5. The van der Waals surface area contributed by atoms with Crippen molar-refractivity contribution >= 4 is 29.4 Å². The Bertz CT molecular complexity index is 1200. The lowest BCUT2D eigenvalue weighted by Gasteiger charge is -2.41. The highest BCUT2D eigenvalue weighted by atomic mass is 16.5. The Kier molecular flexibility index (Phi) is 7.42. The molecular formula is C26H29N3O7. The third-order valence-corrected chi connectivity index (χ3v) is 6.44. The SMILES string of the molecule is COC(=O)CNC(=O)CCCCCN1C(=O)c2ccccc2N2C(=O)c3c(ccc(OC)c3OC)[C@H]12. The molecule has 36 heavy (non-hydrogen) atoms. The van der Waals surface area contributed by atoms with E-state index in [9.17, 15) is 19.2 Å². The predicted molar refractivity (Wildman–Crippen MR) is 130 cm³/mol. The summed E-state index contributed by atoms with van der Waals surface area (Å²) in [5.41, 5.74) is 2.09. The summed E-state index contributed by atoms with van der Waals surface area (Å²) in [6.07, 6.45) is 1.59. The van der Waals surface area contributed by atoms with Crippen LogP contribution in [0.5, 0.6) is 11.5 Å². The minimum Gasteiger partial charge on any atom is -0.493 e. The minimum atomic E-state index is -0.599. The molecule has 1 atom stereocenters. The first kappa shape index (κ1) is 25.0. The van der Waals surface area contributed by atoms with E-state index in [0.717, 1.165) is 0 Å². The van der Waals surface area contributed by atoms with Gasteiger partial charge in [0.2, 0.25) is 5.91 Å². The molecule has 0 saturated carbocycles. The molecule has 0 radical (unpaired) electrons. The van der Waals surface area contributed by atoms with Crippen LogP contribution in [0.2, 0.25) is 0 Å². The molecule has 3 amide bonds. The van der Waals surface area contributed by atoms with Crippen LogP contribution >= 0.6 is 0 Å². The van der Waals surface area contributed by atoms with E-state index < -0.39 is 12.1 Å². The van der Waals surface area contributed by atoms with Crippen LogP contribution in [0, 0.1) is 0 Å². The largest absolute Gasteiger partial charge is 0.493 e. The molecule has 2 aromatic carbocycles. The van der Waals surface area contributed by atoms with Crippen molar-refractivity contribution in [2.75, 3.05) is 39.3 Å². The summed E-state index contributed by atoms with van der Waals surface area (Å²) in [4.78, 5) is 53.6. The van der Waals surface area contributed by atoms with Gasteiger partial charge in [-0.1, -0.05) is 24.6 Å². The second kappa shape index (κ2) is 10.7. The van der Waals surface area contributed by atoms with Gasteiger partial charge in [0.15, 0.2) is 11.5 Å². The molecule has 0 aromatic heterocycles. The molecular weight excluding hydrogens is 466 g/mol. The number of ether oxygens (including phenoxy) is 3. The molecule has 2 heterocycles. The van der Waals surface area contributed by atoms with E-state index in [4.69, 9.17) is 9.47 Å². The monoisotopic (exact) mass is 495 g/mol. The molecule has 190 valence electrons. The van der Waals surface area contributed by atoms with Crippen molar-refractivity contribution in [1.82, 2.24) is 10.2 Å². The maximum atomic E-state index is 13.7. The second-order valence-corrected chi connectivity index (χ2v) is 8.49. The zero-order valence-corrected chi connectivity index (χ0v) is 20.5. The fraction of sp³-hybridized carbons (Fsp3) is 0.385. The van der Waals surface area contributed by atoms with Crippen LogP contribution in [-0.2, 0) is 14.3 Å². The number of carbonyl (C=O) groups excluding carboxylic acids is 4. The molecule has 0 bridgehead atoms. The van der Waals surface area contributed by atoms with Gasteiger partial charge in [0, 0.05) is 18.5 Å². The first-order valence-corrected chi connectivity index (χ1v) is 11.7. The fourth-order valence-electron chi connectivity index (χ4n) is 4.73. The molecule has 0 saturated heterocycles. The predicted octanol–water partition coefficient (Wildman–Crippen LogP) is 2.67. The molecule has 2 aromatic rings. The first-order chi connectivity index (χ1) is 17.4. The van der Waals surface area contributed by atoms with Gasteiger partial charge in [-0.05, 0) is 31.0 Å². The van der Waals surface area contributed by atoms with E-state index >= 15 is 0 Å². The Morgan fingerprint density at radius 2 is 1.72 bits per heavy atom. The van der Waals surface area contributed by atoms with Crippen molar-refractivity contribution in [3.8, 4) is 11.5 Å². The molecule has 0 fully saturated rings. The molecule has 0 unspecified atom stereocenters. The van der Waals surface area contributed by atoms with Gasteiger partial charge in [0.25, 0.3) is 11.8 Å². The highest BCUT2D eigenvalue weighted by Gasteiger charge is 2.49. The van der Waals surface area contributed by atoms with Gasteiger partial charge in [-0.2, -0.15) is 0 Å². The van der Waals surface area contributed by atoms with Crippen molar-refractivity contribution in [2.45, 2.75) is 31.8 Å². The van der Waals surface area contributed by atoms with Crippen LogP contribution in [0.15, 0.2) is 36.4 Å². The van der Waals surface area contributed by atoms with E-state index in [2.05, 4.69) is 10.1 Å². The number of hydrogen-bond acceptors (Lipinski definition) is 7. The fourth-order valence-corrected chi connectivity index (χ4v) is 4.73. The molecule has 2 aliphatic heterocycles. The van der Waals surface area contributed by atoms with Crippen LogP contribution in [0.25, 0.3) is 0 Å². The maximum absolute atomic E-state index is 13.7. The van der Waals surface area contributed by atoms with Gasteiger partial charge >= 0.3 is 5.97 Å². The third kappa shape index (κ3) is 4.46. The Labute approximate surface area is 209 Å². The standard InChI is InChI=1S/C26H29N3O7/c1-34-19-13-12-17-22(23(19)36-3)26(33)29-18-10-7-6-9-16(18)25(32)28(24(17)29)14-8-4-5-11-20(30)27-15-21(31)35-2/h6-7,9-10,12-13,24H,4-5,8,11,14-15H2,1-3H3,(H,27,30)/t24-/m1/s1. The number of anilines is 1. The van der Waals surface area contributed by atoms with E-state index in [1.54, 1.807) is 46.2 Å². The van der Waals surface area contributed by atoms with E-state index in [-0.39, 0.29) is 30.7 Å². The number of methoxy groups -OCH3 is 3. The van der Waals surface area contributed by atoms with Crippen LogP contribution in [0.3, 0.4) is 0 Å². The molecule has 2 aliphatic rings. The summed E-state index contributed by atoms with van der Waals surface area (Å²) in [6.45, 7) is 0.245. The lowest BCUT2D eigenvalue weighted by atomic mass is 10.0. The van der Waals surface area contributed by atoms with Crippen molar-refractivity contribution < 1.29 is 33.4 Å². The van der Waals surface area contributed by atoms with Crippen molar-refractivity contribution in [2.24, 2.45) is 0 Å². The van der Waals surface area contributed by atoms with Gasteiger partial charge in [-0.3, -0.25) is 24.1 Å². The van der Waals surface area contributed by atoms with Gasteiger partial charge < -0.3 is 24.4 Å². The van der Waals surface area contributed by atoms with Gasteiger partial charge in [-0.15, -0.1) is 0 Å². The number of hydrogen-bond donors (Lipinski definition) is 1. The van der Waals surface area contributed by atoms with Gasteiger partial charge in [-0.25, -0.2) is 0 Å². The van der Waals surface area contributed by atoms with Crippen molar-refractivity contribution in [1.29, 1.82) is 0 Å². The quantitative estimate of drug-likeness (QED) is 0.398. The lowest BCUT2D eigenvalue weighted by Crippen LogP contribution is -2.48. The Morgan fingerprint density at radius 3 is 2.44 bits per heavy atom. The summed E-state index contributed by atoms with van der Waals surface area (Å²) in [7, 11) is 4.26. The van der Waals surface area contributed by atoms with E-state index in [1.165, 1.54) is 21.3 Å². The molecule has 10 nitrogen and oxygen atoms in total. The molecule has 0 spiro atoms. The molecule has 0 aliphatic carbocycles. The van der Waals surface area contributed by atoms with Gasteiger partial charge in [0.1, 0.15) is 12.7 Å². The molecule has 4 rings (SSSR count). The number of nitrogens with zero attached hydrogens (tertiary/aromatic N) is 2. The van der Waals surface area contributed by atoms with E-state index in [0.29, 0.717) is 59.7 Å². The number of carbonyl (C=O) groups is 4. The Morgan fingerprint density at radius 1 is 0.944 bits per heavy atom. The van der Waals surface area contributed by atoms with Crippen molar-refractivity contribution in [3.05, 3.63) is 53.1 Å². The number of esters is 1. The number of rotatable bonds is 10. The summed E-state index contributed by atoms with van der Waals surface area (Å²) >= 11 is 0. The number of nitrogens with one attached hydrogen (secondary N) is 1. The smallest absolute Gasteiger partial charge is 0.325 e. The van der Waals surface area contributed by atoms with E-state index in [1.807, 2.05) is 0 Å². The number of benzene rings is 2. The van der Waals surface area contributed by atoms with Crippen LogP contribution in [0.1, 0.15) is 58.1 Å². The second-order valence-electron chi connectivity index (χ2n) is 8.49. The highest BCUT2D eigenvalue weighted by Crippen LogP contribution is 2.49. The summed E-state index contributed by atoms with van der Waals surface area (Å²) < 4.78 is 15.4. The first-order valence-electron chi connectivity index (χ1n) is 11.7. The summed E-state index contributed by atoms with van der Waals surface area (Å²) in [5, 5.41) is 2.51. The number of para-hydroxylation sites is 1. The summed E-state index contributed by atoms with van der Waals surface area (Å²) in [5.74, 6) is -0.349. The number of amides is 3. The average molecular weight is 496 g/mol. The Balaban J connectivity index is 1.52. The molecule has 1 N–H and O–H groups in total. The average Bonchev–Trinajstić information content (AvgIpc) is 3.20. The van der Waals surface area contributed by atoms with Crippen LogP contribution in [0.4, 0.5) is 5.69 Å². The normalized spacial score (nSPS) is 15.7. The zero-order chi connectivity index (χ0) is 25.8. The lowest BCUT2D eigenvalue weighted by molar-refractivity contribution is -0.141. The minimum absolute atomic E-state index is 0.155. The molecule has 10 heteroatoms. The van der Waals surface area contributed by atoms with Gasteiger partial charge in [0.05, 0.1) is 38.1 Å². The zero-order valence-electron chi connectivity index (χ0n) is 20.5. The number of unbranched alkanes of at least 4 members (excludes halogenated alkanes) is 2. The third-order valence-electron chi connectivity index (χ3n) is 6.44. The topological polar surface area (TPSA) is 114 Å². The van der Waals surface area contributed by atoms with Crippen LogP contribution in [-0.4, -0.2) is 63.0 Å². The van der Waals surface area contributed by atoms with Crippen molar-refractivity contribution in [3.63, 3.8) is 0 Å². The summed E-state index contributed by atoms with van der Waals surface area (Å²) in [6, 6.07) is 10.6.